The molecule has 5 nitrogen and oxygen atoms in total. The third-order valence-corrected chi connectivity index (χ3v) is 5.39. The molecule has 1 atom stereocenters. The van der Waals surface area contributed by atoms with Crippen LogP contribution in [0.15, 0.2) is 16.6 Å². The topological polar surface area (TPSA) is 72.8 Å². The van der Waals surface area contributed by atoms with E-state index in [-0.39, 0.29) is 17.4 Å². The number of nitrogens with one attached hydrogen (secondary N) is 1. The van der Waals surface area contributed by atoms with Gasteiger partial charge in [-0.25, -0.2) is 0 Å². The van der Waals surface area contributed by atoms with E-state index in [2.05, 4.69) is 35.1 Å². The zero-order valence-electron chi connectivity index (χ0n) is 13.5. The van der Waals surface area contributed by atoms with Crippen LogP contribution in [-0.4, -0.2) is 33.1 Å². The molecule has 1 spiro atoms. The van der Waals surface area contributed by atoms with E-state index in [9.17, 15) is 15.0 Å². The van der Waals surface area contributed by atoms with Gasteiger partial charge < -0.3 is 15.1 Å². The van der Waals surface area contributed by atoms with Gasteiger partial charge in [-0.3, -0.25) is 10.1 Å². The van der Waals surface area contributed by atoms with Crippen molar-refractivity contribution in [3.63, 3.8) is 0 Å². The number of hydrogen-bond donors (Lipinski definition) is 3. The third kappa shape index (κ3) is 2.83. The van der Waals surface area contributed by atoms with Crippen LogP contribution in [-0.2, 0) is 4.79 Å². The summed E-state index contributed by atoms with van der Waals surface area (Å²) in [4.78, 5) is 14.9. The smallest absolute Gasteiger partial charge is 0.244 e. The van der Waals surface area contributed by atoms with Crippen LogP contribution in [0.1, 0.15) is 51.3 Å². The number of amides is 1. The number of phenols is 2. The fourth-order valence-corrected chi connectivity index (χ4v) is 4.23. The van der Waals surface area contributed by atoms with Crippen molar-refractivity contribution in [3.8, 4) is 11.5 Å². The van der Waals surface area contributed by atoms with Crippen LogP contribution in [0.5, 0.6) is 11.5 Å². The summed E-state index contributed by atoms with van der Waals surface area (Å²) in [5.74, 6) is 0.572. The first-order valence-corrected chi connectivity index (χ1v) is 8.93. The molecule has 1 saturated heterocycles. The van der Waals surface area contributed by atoms with E-state index in [1.54, 1.807) is 0 Å². The van der Waals surface area contributed by atoms with Crippen molar-refractivity contribution < 1.29 is 15.0 Å². The monoisotopic (exact) mass is 382 g/mol. The molecule has 1 saturated carbocycles. The zero-order valence-corrected chi connectivity index (χ0v) is 15.1. The number of nitrogens with zero attached hydrogens (tertiary/aromatic N) is 1. The SMILES string of the molecule is CC(C)CN1C(=O)C2(CCCC2)NC1c1cc(O)cc(Br)c1O. The van der Waals surface area contributed by atoms with Gasteiger partial charge >= 0.3 is 0 Å². The molecule has 1 aliphatic heterocycles. The van der Waals surface area contributed by atoms with Crippen LogP contribution >= 0.6 is 15.9 Å². The van der Waals surface area contributed by atoms with E-state index in [1.807, 2.05) is 4.90 Å². The second-order valence-electron chi connectivity index (χ2n) is 7.05. The summed E-state index contributed by atoms with van der Waals surface area (Å²) in [6, 6.07) is 2.99. The van der Waals surface area contributed by atoms with Gasteiger partial charge in [-0.15, -0.1) is 0 Å². The maximum absolute atomic E-state index is 13.0. The molecule has 0 aromatic heterocycles. The lowest BCUT2D eigenvalue weighted by Gasteiger charge is -2.27. The molecule has 3 rings (SSSR count). The Kier molecular flexibility index (Phi) is 4.31. The first-order valence-electron chi connectivity index (χ1n) is 8.14. The summed E-state index contributed by atoms with van der Waals surface area (Å²) < 4.78 is 0.429. The van der Waals surface area contributed by atoms with Gasteiger partial charge in [-0.1, -0.05) is 26.7 Å². The first kappa shape index (κ1) is 16.6. The Morgan fingerprint density at radius 2 is 2.00 bits per heavy atom. The van der Waals surface area contributed by atoms with Crippen LogP contribution in [0.4, 0.5) is 0 Å². The molecule has 1 unspecified atom stereocenters. The van der Waals surface area contributed by atoms with E-state index in [0.717, 1.165) is 25.7 Å². The molecule has 1 aliphatic carbocycles. The predicted octanol–water partition coefficient (Wildman–Crippen LogP) is 3.26. The normalized spacial score (nSPS) is 23.4. The predicted molar refractivity (Wildman–Crippen MR) is 91.1 cm³/mol. The number of hydrogen-bond acceptors (Lipinski definition) is 4. The minimum atomic E-state index is -0.510. The molecule has 3 N–H and O–H groups in total. The van der Waals surface area contributed by atoms with E-state index in [0.29, 0.717) is 22.5 Å². The summed E-state index contributed by atoms with van der Waals surface area (Å²) in [5.41, 5.74) is 0.0267. The van der Waals surface area contributed by atoms with Crippen molar-refractivity contribution in [2.75, 3.05) is 6.54 Å². The van der Waals surface area contributed by atoms with Gasteiger partial charge in [0, 0.05) is 12.1 Å². The molecule has 126 valence electrons. The van der Waals surface area contributed by atoms with Crippen molar-refractivity contribution in [3.05, 3.63) is 22.2 Å². The maximum Gasteiger partial charge on any atom is 0.244 e. The number of phenolic OH excluding ortho intramolecular Hbond substituents is 2. The largest absolute Gasteiger partial charge is 0.508 e. The van der Waals surface area contributed by atoms with E-state index in [1.165, 1.54) is 12.1 Å². The van der Waals surface area contributed by atoms with Crippen LogP contribution in [0.2, 0.25) is 0 Å². The Labute approximate surface area is 144 Å². The molecule has 0 radical (unpaired) electrons. The minimum absolute atomic E-state index is 0.0655. The van der Waals surface area contributed by atoms with Crippen molar-refractivity contribution in [1.82, 2.24) is 10.2 Å². The van der Waals surface area contributed by atoms with Crippen molar-refractivity contribution >= 4 is 21.8 Å². The highest BCUT2D eigenvalue weighted by Gasteiger charge is 2.53. The van der Waals surface area contributed by atoms with Crippen molar-refractivity contribution in [2.24, 2.45) is 5.92 Å². The molecule has 0 bridgehead atoms. The number of benzene rings is 1. The average Bonchev–Trinajstić information content (AvgIpc) is 3.04. The van der Waals surface area contributed by atoms with Gasteiger partial charge in [0.2, 0.25) is 5.91 Å². The molecule has 1 aromatic rings. The van der Waals surface area contributed by atoms with Crippen molar-refractivity contribution in [2.45, 2.75) is 51.2 Å². The maximum atomic E-state index is 13.0. The van der Waals surface area contributed by atoms with Gasteiger partial charge in [0.05, 0.1) is 10.0 Å². The lowest BCUT2D eigenvalue weighted by molar-refractivity contribution is -0.133. The molecular formula is C17H23BrN2O3. The number of halogens is 1. The Balaban J connectivity index is 2.03. The number of rotatable bonds is 3. The quantitative estimate of drug-likeness (QED) is 0.701. The lowest BCUT2D eigenvalue weighted by Crippen LogP contribution is -2.44. The van der Waals surface area contributed by atoms with E-state index >= 15 is 0 Å². The summed E-state index contributed by atoms with van der Waals surface area (Å²) in [6.45, 7) is 4.76. The molecule has 2 aliphatic rings. The average molecular weight is 383 g/mol. The fourth-order valence-electron chi connectivity index (χ4n) is 3.77. The molecule has 6 heteroatoms. The number of carbonyl (C=O) groups is 1. The lowest BCUT2D eigenvalue weighted by atomic mass is 9.98. The second-order valence-corrected chi connectivity index (χ2v) is 7.91. The molecule has 1 heterocycles. The highest BCUT2D eigenvalue weighted by molar-refractivity contribution is 9.10. The van der Waals surface area contributed by atoms with Gasteiger partial charge in [0.25, 0.3) is 0 Å². The Bertz CT molecular complexity index is 627. The van der Waals surface area contributed by atoms with Gasteiger partial charge in [0.15, 0.2) is 0 Å². The standard InChI is InChI=1S/C17H23BrN2O3/c1-10(2)9-20-15(12-7-11(21)8-13(18)14(12)22)19-17(16(20)23)5-3-4-6-17/h7-8,10,15,19,21-22H,3-6,9H2,1-2H3. The van der Waals surface area contributed by atoms with Gasteiger partial charge in [0.1, 0.15) is 17.7 Å². The van der Waals surface area contributed by atoms with Crippen molar-refractivity contribution in [1.29, 1.82) is 0 Å². The summed E-state index contributed by atoms with van der Waals surface area (Å²) in [5, 5.41) is 23.8. The molecule has 1 aromatic carbocycles. The third-order valence-electron chi connectivity index (χ3n) is 4.79. The van der Waals surface area contributed by atoms with Crippen LogP contribution in [0.25, 0.3) is 0 Å². The molecule has 2 fully saturated rings. The summed E-state index contributed by atoms with van der Waals surface area (Å²) >= 11 is 3.26. The van der Waals surface area contributed by atoms with Gasteiger partial charge in [-0.05, 0) is 46.8 Å². The fraction of sp³-hybridized carbons (Fsp3) is 0.588. The highest BCUT2D eigenvalue weighted by atomic mass is 79.9. The minimum Gasteiger partial charge on any atom is -0.508 e. The van der Waals surface area contributed by atoms with E-state index in [4.69, 9.17) is 0 Å². The molecule has 23 heavy (non-hydrogen) atoms. The van der Waals surface area contributed by atoms with E-state index < -0.39 is 11.7 Å². The second kappa shape index (κ2) is 5.98. The van der Waals surface area contributed by atoms with Crippen LogP contribution in [0.3, 0.4) is 0 Å². The summed E-state index contributed by atoms with van der Waals surface area (Å²) in [7, 11) is 0. The highest BCUT2D eigenvalue weighted by Crippen LogP contribution is 2.45. The Morgan fingerprint density at radius 1 is 1.35 bits per heavy atom. The Hall–Kier alpha value is -1.27. The first-order chi connectivity index (χ1) is 10.8. The Morgan fingerprint density at radius 3 is 2.61 bits per heavy atom. The van der Waals surface area contributed by atoms with Gasteiger partial charge in [-0.2, -0.15) is 0 Å². The summed E-state index contributed by atoms with van der Waals surface area (Å²) in [6.07, 6.45) is 3.33. The number of carbonyl (C=O) groups excluding carboxylic acids is 1. The zero-order chi connectivity index (χ0) is 16.8. The molecule has 1 amide bonds. The van der Waals surface area contributed by atoms with Crippen LogP contribution in [0, 0.1) is 5.92 Å². The van der Waals surface area contributed by atoms with Crippen LogP contribution < -0.4 is 5.32 Å². The molecular weight excluding hydrogens is 360 g/mol. The number of aromatic hydroxyl groups is 2.